The van der Waals surface area contributed by atoms with Crippen LogP contribution in [0, 0.1) is 10.1 Å². The molecule has 1 fully saturated rings. The van der Waals surface area contributed by atoms with Crippen molar-refractivity contribution in [3.05, 3.63) is 39.9 Å². The molecule has 0 spiro atoms. The maximum Gasteiger partial charge on any atom is 0.269 e. The van der Waals surface area contributed by atoms with Crippen LogP contribution < -0.4 is 4.90 Å². The van der Waals surface area contributed by atoms with Gasteiger partial charge in [0.25, 0.3) is 5.69 Å². The highest BCUT2D eigenvalue weighted by Gasteiger charge is 2.21. The molecule has 17 heavy (non-hydrogen) atoms. The first-order chi connectivity index (χ1) is 8.16. The van der Waals surface area contributed by atoms with Crippen molar-refractivity contribution < 1.29 is 9.82 Å². The molecule has 1 N–H and O–H groups in total. The zero-order valence-corrected chi connectivity index (χ0v) is 10.2. The standard InChI is InChI=1S/C13H18N2O2/c1-11-4-2-3-9-14(11)10-12-5-7-13(8-6-12)15(16)17/h5-8,11H,2-4,9-10H2,1H3/p+1/t11-/m0/s1. The number of piperidine rings is 1. The zero-order chi connectivity index (χ0) is 12.3. The van der Waals surface area contributed by atoms with Crippen LogP contribution in [0.25, 0.3) is 0 Å². The number of nitro groups is 1. The number of benzene rings is 1. The Morgan fingerprint density at radius 3 is 2.65 bits per heavy atom. The molecule has 0 radical (unpaired) electrons. The lowest BCUT2D eigenvalue weighted by Gasteiger charge is -2.30. The SMILES string of the molecule is C[C@H]1CCCC[NH+]1Cc1ccc([N+](=O)[O-])cc1. The molecule has 2 atom stereocenters. The van der Waals surface area contributed by atoms with Crippen molar-refractivity contribution in [3.63, 3.8) is 0 Å². The predicted molar refractivity (Wildman–Crippen MR) is 65.9 cm³/mol. The van der Waals surface area contributed by atoms with Gasteiger partial charge in [0.05, 0.1) is 17.5 Å². The topological polar surface area (TPSA) is 47.6 Å². The molecular formula is C13H19N2O2+. The highest BCUT2D eigenvalue weighted by Crippen LogP contribution is 2.11. The fraction of sp³-hybridized carbons (Fsp3) is 0.538. The number of likely N-dealkylation sites (tertiary alicyclic amines) is 1. The molecular weight excluding hydrogens is 216 g/mol. The van der Waals surface area contributed by atoms with Gasteiger partial charge in [-0.15, -0.1) is 0 Å². The summed E-state index contributed by atoms with van der Waals surface area (Å²) in [6, 6.07) is 7.67. The van der Waals surface area contributed by atoms with Gasteiger partial charge >= 0.3 is 0 Å². The van der Waals surface area contributed by atoms with Crippen molar-refractivity contribution >= 4 is 5.69 Å². The summed E-state index contributed by atoms with van der Waals surface area (Å²) in [6.45, 7) is 4.50. The van der Waals surface area contributed by atoms with Gasteiger partial charge in [-0.1, -0.05) is 0 Å². The van der Waals surface area contributed by atoms with Gasteiger partial charge in [0, 0.05) is 17.7 Å². The van der Waals surface area contributed by atoms with Crippen molar-refractivity contribution in [3.8, 4) is 0 Å². The monoisotopic (exact) mass is 235 g/mol. The Hall–Kier alpha value is -1.42. The quantitative estimate of drug-likeness (QED) is 0.638. The average molecular weight is 235 g/mol. The summed E-state index contributed by atoms with van der Waals surface area (Å²) >= 11 is 0. The lowest BCUT2D eigenvalue weighted by molar-refractivity contribution is -0.941. The van der Waals surface area contributed by atoms with Crippen molar-refractivity contribution in [2.45, 2.75) is 38.8 Å². The van der Waals surface area contributed by atoms with E-state index in [1.807, 2.05) is 12.1 Å². The van der Waals surface area contributed by atoms with Crippen LogP contribution >= 0.6 is 0 Å². The first kappa shape index (κ1) is 12.0. The fourth-order valence-corrected chi connectivity index (χ4v) is 2.51. The number of hydrogen-bond acceptors (Lipinski definition) is 2. The zero-order valence-electron chi connectivity index (χ0n) is 10.2. The first-order valence-electron chi connectivity index (χ1n) is 6.25. The molecule has 2 rings (SSSR count). The van der Waals surface area contributed by atoms with Gasteiger partial charge in [-0.25, -0.2) is 0 Å². The Kier molecular flexibility index (Phi) is 3.74. The molecule has 1 aromatic rings. The molecule has 1 heterocycles. The fourth-order valence-electron chi connectivity index (χ4n) is 2.51. The smallest absolute Gasteiger partial charge is 0.269 e. The Morgan fingerprint density at radius 1 is 1.35 bits per heavy atom. The third-order valence-electron chi connectivity index (χ3n) is 3.66. The van der Waals surface area contributed by atoms with Crippen LogP contribution in [0.15, 0.2) is 24.3 Å². The molecule has 1 saturated heterocycles. The van der Waals surface area contributed by atoms with E-state index in [9.17, 15) is 10.1 Å². The molecule has 92 valence electrons. The Balaban J connectivity index is 2.00. The molecule has 1 unspecified atom stereocenters. The summed E-state index contributed by atoms with van der Waals surface area (Å²) in [6.07, 6.45) is 3.93. The molecule has 4 nitrogen and oxygen atoms in total. The second kappa shape index (κ2) is 5.27. The highest BCUT2D eigenvalue weighted by atomic mass is 16.6. The molecule has 4 heteroatoms. The van der Waals surface area contributed by atoms with E-state index in [2.05, 4.69) is 6.92 Å². The van der Waals surface area contributed by atoms with E-state index in [0.717, 1.165) is 6.54 Å². The second-order valence-electron chi connectivity index (χ2n) is 4.91. The molecule has 0 amide bonds. The summed E-state index contributed by atoms with van der Waals surface area (Å²) in [4.78, 5) is 11.8. The summed E-state index contributed by atoms with van der Waals surface area (Å²) in [5.74, 6) is 0. The van der Waals surface area contributed by atoms with E-state index < -0.39 is 0 Å². The minimum Gasteiger partial charge on any atom is -0.329 e. The molecule has 0 aromatic heterocycles. The third kappa shape index (κ3) is 3.03. The van der Waals surface area contributed by atoms with Crippen LogP contribution in [0.5, 0.6) is 0 Å². The predicted octanol–water partition coefficient (Wildman–Crippen LogP) is 1.55. The molecule has 0 bridgehead atoms. The van der Waals surface area contributed by atoms with Gasteiger partial charge in [0.15, 0.2) is 0 Å². The Bertz CT molecular complexity index is 389. The van der Waals surface area contributed by atoms with Crippen molar-refractivity contribution in [1.82, 2.24) is 0 Å². The van der Waals surface area contributed by atoms with Crippen LogP contribution in [0.1, 0.15) is 31.7 Å². The summed E-state index contributed by atoms with van der Waals surface area (Å²) in [5.41, 5.74) is 1.37. The molecule has 0 saturated carbocycles. The van der Waals surface area contributed by atoms with E-state index >= 15 is 0 Å². The maximum absolute atomic E-state index is 10.6. The minimum absolute atomic E-state index is 0.176. The third-order valence-corrected chi connectivity index (χ3v) is 3.66. The number of hydrogen-bond donors (Lipinski definition) is 1. The van der Waals surface area contributed by atoms with Gasteiger partial charge in [0.2, 0.25) is 0 Å². The van der Waals surface area contributed by atoms with Crippen molar-refractivity contribution in [2.75, 3.05) is 6.54 Å². The maximum atomic E-state index is 10.6. The number of non-ortho nitro benzene ring substituents is 1. The lowest BCUT2D eigenvalue weighted by Crippen LogP contribution is -3.14. The normalized spacial score (nSPS) is 24.5. The van der Waals surface area contributed by atoms with Crippen LogP contribution in [-0.4, -0.2) is 17.5 Å². The minimum atomic E-state index is -0.347. The van der Waals surface area contributed by atoms with Gasteiger partial charge in [0.1, 0.15) is 6.54 Å². The average Bonchev–Trinajstić information content (AvgIpc) is 2.33. The number of nitrogens with one attached hydrogen (secondary N) is 1. The van der Waals surface area contributed by atoms with Gasteiger partial charge in [-0.2, -0.15) is 0 Å². The largest absolute Gasteiger partial charge is 0.329 e. The Morgan fingerprint density at radius 2 is 2.06 bits per heavy atom. The van der Waals surface area contributed by atoms with Gasteiger partial charge < -0.3 is 4.90 Å². The van der Waals surface area contributed by atoms with Gasteiger partial charge in [-0.3, -0.25) is 10.1 Å². The van der Waals surface area contributed by atoms with E-state index in [1.54, 1.807) is 17.0 Å². The van der Waals surface area contributed by atoms with Crippen LogP contribution in [0.3, 0.4) is 0 Å². The Labute approximate surface area is 101 Å². The van der Waals surface area contributed by atoms with Gasteiger partial charge in [-0.05, 0) is 38.3 Å². The van der Waals surface area contributed by atoms with Crippen LogP contribution in [0.2, 0.25) is 0 Å². The number of nitro benzene ring substituents is 1. The highest BCUT2D eigenvalue weighted by molar-refractivity contribution is 5.32. The summed E-state index contributed by atoms with van der Waals surface area (Å²) in [5, 5.41) is 10.6. The lowest BCUT2D eigenvalue weighted by atomic mass is 10.0. The van der Waals surface area contributed by atoms with E-state index in [1.165, 1.54) is 31.4 Å². The number of nitrogens with zero attached hydrogens (tertiary/aromatic N) is 1. The first-order valence-corrected chi connectivity index (χ1v) is 6.25. The second-order valence-corrected chi connectivity index (χ2v) is 4.91. The van der Waals surface area contributed by atoms with E-state index in [4.69, 9.17) is 0 Å². The number of quaternary nitrogens is 1. The molecule has 0 aliphatic carbocycles. The van der Waals surface area contributed by atoms with E-state index in [0.29, 0.717) is 6.04 Å². The van der Waals surface area contributed by atoms with Crippen molar-refractivity contribution in [1.29, 1.82) is 0 Å². The summed E-state index contributed by atoms with van der Waals surface area (Å²) < 4.78 is 0. The van der Waals surface area contributed by atoms with E-state index in [-0.39, 0.29) is 10.6 Å². The molecule has 1 aromatic carbocycles. The molecule has 1 aliphatic heterocycles. The number of rotatable bonds is 3. The van der Waals surface area contributed by atoms with Crippen molar-refractivity contribution in [2.24, 2.45) is 0 Å². The summed E-state index contributed by atoms with van der Waals surface area (Å²) in [7, 11) is 0. The van der Waals surface area contributed by atoms with Crippen LogP contribution in [0.4, 0.5) is 5.69 Å². The molecule has 1 aliphatic rings. The van der Waals surface area contributed by atoms with Crippen LogP contribution in [-0.2, 0) is 6.54 Å².